The first-order valence-electron chi connectivity index (χ1n) is 12.0. The lowest BCUT2D eigenvalue weighted by Gasteiger charge is -2.47. The fraction of sp³-hybridized carbons (Fsp3) is 0.818. The summed E-state index contributed by atoms with van der Waals surface area (Å²) in [4.78, 5) is 10.8. The number of hydrogen-bond donors (Lipinski definition) is 0. The van der Waals surface area contributed by atoms with Crippen LogP contribution in [0.15, 0.2) is 6.07 Å². The van der Waals surface area contributed by atoms with Crippen LogP contribution in [0, 0.1) is 5.41 Å². The molecule has 4 rings (SSSR count). The van der Waals surface area contributed by atoms with Crippen LogP contribution in [-0.2, 0) is 20.9 Å². The minimum Gasteiger partial charge on any atom is -0.374 e. The number of piperidine rings is 1. The highest BCUT2D eigenvalue weighted by atomic mass is 32.2. The molecule has 204 valence electrons. The van der Waals surface area contributed by atoms with Gasteiger partial charge in [-0.05, 0) is 31.1 Å². The number of hydrogen-bond acceptors (Lipinski definition) is 7. The van der Waals surface area contributed by atoms with Gasteiger partial charge < -0.3 is 14.5 Å². The maximum Gasteiger partial charge on any atom is 0.451 e. The van der Waals surface area contributed by atoms with Crippen LogP contribution in [0.3, 0.4) is 0 Å². The normalized spacial score (nSPS) is 25.2. The predicted molar refractivity (Wildman–Crippen MR) is 124 cm³/mol. The van der Waals surface area contributed by atoms with Crippen LogP contribution in [0.5, 0.6) is 0 Å². The molecule has 0 bridgehead atoms. The van der Waals surface area contributed by atoms with E-state index in [1.54, 1.807) is 11.9 Å². The van der Waals surface area contributed by atoms with Crippen LogP contribution in [0.2, 0.25) is 0 Å². The fourth-order valence-electron chi connectivity index (χ4n) is 5.37. The molecular weight excluding hydrogens is 509 g/mol. The summed E-state index contributed by atoms with van der Waals surface area (Å²) in [6, 6.07) is 1.48. The number of anilines is 2. The summed E-state index contributed by atoms with van der Waals surface area (Å²) in [5.41, 5.74) is -0.361. The van der Waals surface area contributed by atoms with Crippen LogP contribution < -0.4 is 9.80 Å². The van der Waals surface area contributed by atoms with E-state index in [0.717, 1.165) is 12.7 Å². The monoisotopic (exact) mass is 541 g/mol. The zero-order valence-electron chi connectivity index (χ0n) is 20.4. The van der Waals surface area contributed by atoms with E-state index in [1.165, 1.54) is 15.3 Å². The van der Waals surface area contributed by atoms with Crippen molar-refractivity contribution < 1.29 is 35.1 Å². The molecule has 0 amide bonds. The molecule has 36 heavy (non-hydrogen) atoms. The van der Waals surface area contributed by atoms with Gasteiger partial charge in [0.25, 0.3) is 0 Å². The molecule has 0 radical (unpaired) electrons. The number of sulfonamides is 1. The highest BCUT2D eigenvalue weighted by Crippen LogP contribution is 2.48. The molecular formula is C22H32F5N5O3S. The number of alkyl halides is 5. The van der Waals surface area contributed by atoms with Gasteiger partial charge in [0.15, 0.2) is 0 Å². The molecule has 1 aromatic heterocycles. The summed E-state index contributed by atoms with van der Waals surface area (Å²) in [6.45, 7) is 1.46. The molecule has 3 heterocycles. The van der Waals surface area contributed by atoms with E-state index in [4.69, 9.17) is 4.74 Å². The molecule has 2 aliphatic heterocycles. The number of aromatic nitrogens is 2. The zero-order valence-corrected chi connectivity index (χ0v) is 21.2. The van der Waals surface area contributed by atoms with Crippen LogP contribution >= 0.6 is 0 Å². The van der Waals surface area contributed by atoms with Gasteiger partial charge in [-0.3, -0.25) is 0 Å². The van der Waals surface area contributed by atoms with Crippen molar-refractivity contribution in [1.29, 1.82) is 0 Å². The maximum atomic E-state index is 13.8. The summed E-state index contributed by atoms with van der Waals surface area (Å²) in [7, 11) is -1.86. The molecule has 14 heteroatoms. The van der Waals surface area contributed by atoms with Gasteiger partial charge >= 0.3 is 6.18 Å². The minimum atomic E-state index is -4.78. The van der Waals surface area contributed by atoms with E-state index >= 15 is 0 Å². The van der Waals surface area contributed by atoms with Gasteiger partial charge in [0.05, 0.1) is 19.0 Å². The van der Waals surface area contributed by atoms with E-state index in [0.29, 0.717) is 32.4 Å². The van der Waals surface area contributed by atoms with Crippen LogP contribution in [0.1, 0.15) is 44.3 Å². The van der Waals surface area contributed by atoms with E-state index < -0.39 is 34.1 Å². The Balaban J connectivity index is 1.55. The minimum absolute atomic E-state index is 0.0298. The second-order valence-corrected chi connectivity index (χ2v) is 12.3. The third-order valence-corrected chi connectivity index (χ3v) is 8.69. The highest BCUT2D eigenvalue weighted by molar-refractivity contribution is 7.88. The number of likely N-dealkylation sites (N-methyl/N-ethyl adjacent to an activating group) is 1. The van der Waals surface area contributed by atoms with Crippen LogP contribution in [-0.4, -0.2) is 87.4 Å². The van der Waals surface area contributed by atoms with Gasteiger partial charge in [0.2, 0.25) is 21.8 Å². The van der Waals surface area contributed by atoms with Crippen molar-refractivity contribution in [2.75, 3.05) is 62.4 Å². The molecule has 0 N–H and O–H groups in total. The van der Waals surface area contributed by atoms with Crippen LogP contribution in [0.25, 0.3) is 0 Å². The molecule has 8 nitrogen and oxygen atoms in total. The van der Waals surface area contributed by atoms with Gasteiger partial charge in [-0.2, -0.15) is 17.5 Å². The van der Waals surface area contributed by atoms with Crippen molar-refractivity contribution in [2.45, 2.75) is 56.7 Å². The van der Waals surface area contributed by atoms with Crippen LogP contribution in [0.4, 0.5) is 33.6 Å². The van der Waals surface area contributed by atoms with Gasteiger partial charge in [-0.1, -0.05) is 0 Å². The third-order valence-electron chi connectivity index (χ3n) is 7.42. The number of ether oxygens (including phenoxy) is 1. The number of nitrogens with zero attached hydrogens (tertiary/aromatic N) is 5. The molecule has 2 saturated heterocycles. The first-order valence-corrected chi connectivity index (χ1v) is 13.9. The van der Waals surface area contributed by atoms with E-state index in [2.05, 4.69) is 9.97 Å². The average molecular weight is 542 g/mol. The molecule has 3 aliphatic rings. The number of halogens is 5. The standard InChI is InChI=1S/C22H32F5N5O3S/c1-30(13-16-14-32(10-11-35-16)36(2,33)34)17-12-18(29-19(28-17)22(25,26)27)31-9-3-4-20(15-31)5-7-21(23,24)8-6-20/h12,16H,3-11,13-15H2,1-2H3. The van der Waals surface area contributed by atoms with Gasteiger partial charge in [-0.25, -0.2) is 27.2 Å². The van der Waals surface area contributed by atoms with E-state index in [-0.39, 0.29) is 56.1 Å². The Labute approximate surface area is 207 Å². The second-order valence-electron chi connectivity index (χ2n) is 10.3. The molecule has 1 atom stereocenters. The lowest BCUT2D eigenvalue weighted by Crippen LogP contribution is -2.49. The smallest absolute Gasteiger partial charge is 0.374 e. The molecule has 1 unspecified atom stereocenters. The lowest BCUT2D eigenvalue weighted by atomic mass is 9.68. The summed E-state index contributed by atoms with van der Waals surface area (Å²) >= 11 is 0. The van der Waals surface area contributed by atoms with Crippen molar-refractivity contribution in [3.63, 3.8) is 0 Å². The van der Waals surface area contributed by atoms with Crippen molar-refractivity contribution >= 4 is 21.7 Å². The Morgan fingerprint density at radius 1 is 1.14 bits per heavy atom. The molecule has 1 aliphatic carbocycles. The van der Waals surface area contributed by atoms with Gasteiger partial charge in [0, 0.05) is 58.7 Å². The van der Waals surface area contributed by atoms with E-state index in [1.807, 2.05) is 0 Å². The Morgan fingerprint density at radius 2 is 1.83 bits per heavy atom. The summed E-state index contributed by atoms with van der Waals surface area (Å²) in [6.07, 6.45) is -2.54. The van der Waals surface area contributed by atoms with E-state index in [9.17, 15) is 30.4 Å². The van der Waals surface area contributed by atoms with Crippen molar-refractivity contribution in [3.8, 4) is 0 Å². The number of morpholine rings is 1. The first kappa shape index (κ1) is 27.2. The average Bonchev–Trinajstić information content (AvgIpc) is 2.80. The Morgan fingerprint density at radius 3 is 2.47 bits per heavy atom. The zero-order chi connectivity index (χ0) is 26.4. The third kappa shape index (κ3) is 6.36. The Kier molecular flexibility index (Phi) is 7.43. The topological polar surface area (TPSA) is 78.9 Å². The van der Waals surface area contributed by atoms with Gasteiger partial charge in [-0.15, -0.1) is 0 Å². The lowest BCUT2D eigenvalue weighted by molar-refractivity contribution is -0.144. The largest absolute Gasteiger partial charge is 0.451 e. The maximum absolute atomic E-state index is 13.8. The predicted octanol–water partition coefficient (Wildman–Crippen LogP) is 3.39. The first-order chi connectivity index (χ1) is 16.7. The van der Waals surface area contributed by atoms with Crippen molar-refractivity contribution in [1.82, 2.24) is 14.3 Å². The summed E-state index contributed by atoms with van der Waals surface area (Å²) in [5, 5.41) is 0. The second kappa shape index (κ2) is 9.82. The Bertz CT molecular complexity index is 1040. The summed E-state index contributed by atoms with van der Waals surface area (Å²) in [5.74, 6) is -3.82. The molecule has 1 spiro atoms. The molecule has 1 saturated carbocycles. The fourth-order valence-corrected chi connectivity index (χ4v) is 6.21. The van der Waals surface area contributed by atoms with Crippen molar-refractivity contribution in [2.24, 2.45) is 5.41 Å². The quantitative estimate of drug-likeness (QED) is 0.529. The number of rotatable bonds is 5. The molecule has 3 fully saturated rings. The summed E-state index contributed by atoms with van der Waals surface area (Å²) < 4.78 is 99.4. The molecule has 1 aromatic rings. The molecule has 0 aromatic carbocycles. The SMILES string of the molecule is CN(CC1CN(S(C)(=O)=O)CCO1)c1cc(N2CCCC3(CCC(F)(F)CC3)C2)nc(C(F)(F)F)n1. The van der Waals surface area contributed by atoms with Gasteiger partial charge in [0.1, 0.15) is 11.6 Å². The highest BCUT2D eigenvalue weighted by Gasteiger charge is 2.46. The van der Waals surface area contributed by atoms with Crippen molar-refractivity contribution in [3.05, 3.63) is 11.9 Å². The Hall–Kier alpha value is -1.80.